The summed E-state index contributed by atoms with van der Waals surface area (Å²) in [5, 5.41) is 0. The van der Waals surface area contributed by atoms with Crippen molar-refractivity contribution in [3.63, 3.8) is 0 Å². The van der Waals surface area contributed by atoms with Gasteiger partial charge in [0.1, 0.15) is 0 Å². The highest BCUT2D eigenvalue weighted by molar-refractivity contribution is 5.75. The standard InChI is InChI=1S/C20H23NO2/c1-2-15-8-10-16(11-9-15)19-13-12-17(14-22)20(23)21(19)18-6-4-3-5-7-18/h8-14,18H,2-7H2,1H3. The molecule has 3 nitrogen and oxygen atoms in total. The van der Waals surface area contributed by atoms with E-state index in [1.165, 1.54) is 12.0 Å². The molecule has 1 aromatic heterocycles. The van der Waals surface area contributed by atoms with Crippen LogP contribution >= 0.6 is 0 Å². The molecule has 1 fully saturated rings. The quantitative estimate of drug-likeness (QED) is 0.785. The average Bonchev–Trinajstić information content (AvgIpc) is 2.62. The van der Waals surface area contributed by atoms with Crippen LogP contribution in [0.1, 0.15) is 61.0 Å². The topological polar surface area (TPSA) is 39.1 Å². The molecule has 3 heteroatoms. The zero-order chi connectivity index (χ0) is 16.2. The second-order valence-corrected chi connectivity index (χ2v) is 6.31. The van der Waals surface area contributed by atoms with Crippen LogP contribution in [0.5, 0.6) is 0 Å². The number of nitrogens with zero attached hydrogens (tertiary/aromatic N) is 1. The molecule has 0 aliphatic heterocycles. The molecule has 2 aromatic rings. The van der Waals surface area contributed by atoms with Crippen molar-refractivity contribution in [1.82, 2.24) is 4.57 Å². The molecular formula is C20H23NO2. The summed E-state index contributed by atoms with van der Waals surface area (Å²) in [6, 6.07) is 12.1. The van der Waals surface area contributed by atoms with Crippen LogP contribution in [0.3, 0.4) is 0 Å². The van der Waals surface area contributed by atoms with Crippen LogP contribution in [0.15, 0.2) is 41.2 Å². The number of hydrogen-bond donors (Lipinski definition) is 0. The normalized spacial score (nSPS) is 15.5. The Balaban J connectivity index is 2.12. The van der Waals surface area contributed by atoms with E-state index in [0.29, 0.717) is 6.29 Å². The monoisotopic (exact) mass is 309 g/mol. The molecule has 120 valence electrons. The van der Waals surface area contributed by atoms with Gasteiger partial charge in [-0.05, 0) is 42.5 Å². The molecule has 0 bridgehead atoms. The van der Waals surface area contributed by atoms with E-state index < -0.39 is 0 Å². The van der Waals surface area contributed by atoms with Crippen molar-refractivity contribution in [2.75, 3.05) is 0 Å². The van der Waals surface area contributed by atoms with Gasteiger partial charge in [0.15, 0.2) is 6.29 Å². The Morgan fingerprint density at radius 1 is 1.04 bits per heavy atom. The first kappa shape index (κ1) is 15.7. The molecule has 1 heterocycles. The van der Waals surface area contributed by atoms with E-state index in [-0.39, 0.29) is 17.2 Å². The third kappa shape index (κ3) is 3.14. The number of aromatic nitrogens is 1. The van der Waals surface area contributed by atoms with Crippen molar-refractivity contribution in [1.29, 1.82) is 0 Å². The maximum absolute atomic E-state index is 12.7. The Labute approximate surface area is 137 Å². The number of aldehydes is 1. The number of carbonyl (C=O) groups excluding carboxylic acids is 1. The lowest BCUT2D eigenvalue weighted by molar-refractivity contribution is 0.112. The summed E-state index contributed by atoms with van der Waals surface area (Å²) < 4.78 is 1.86. The number of pyridine rings is 1. The molecular weight excluding hydrogens is 286 g/mol. The van der Waals surface area contributed by atoms with Gasteiger partial charge in [0, 0.05) is 6.04 Å². The third-order valence-corrected chi connectivity index (χ3v) is 4.87. The van der Waals surface area contributed by atoms with E-state index in [0.717, 1.165) is 43.4 Å². The van der Waals surface area contributed by atoms with Gasteiger partial charge in [-0.1, -0.05) is 50.5 Å². The molecule has 1 aliphatic rings. The number of hydrogen-bond acceptors (Lipinski definition) is 2. The van der Waals surface area contributed by atoms with Crippen LogP contribution in [0.25, 0.3) is 11.3 Å². The van der Waals surface area contributed by atoms with Crippen LogP contribution in [0.4, 0.5) is 0 Å². The van der Waals surface area contributed by atoms with E-state index in [4.69, 9.17) is 0 Å². The minimum Gasteiger partial charge on any atom is -0.305 e. The zero-order valence-electron chi connectivity index (χ0n) is 13.6. The molecule has 0 unspecified atom stereocenters. The second kappa shape index (κ2) is 6.95. The van der Waals surface area contributed by atoms with Crippen molar-refractivity contribution >= 4 is 6.29 Å². The fraction of sp³-hybridized carbons (Fsp3) is 0.400. The minimum absolute atomic E-state index is 0.149. The zero-order valence-corrected chi connectivity index (χ0v) is 13.6. The lowest BCUT2D eigenvalue weighted by Crippen LogP contribution is -2.30. The summed E-state index contributed by atoms with van der Waals surface area (Å²) in [7, 11) is 0. The van der Waals surface area contributed by atoms with E-state index in [1.54, 1.807) is 6.07 Å². The SMILES string of the molecule is CCc1ccc(-c2ccc(C=O)c(=O)n2C2CCCCC2)cc1. The lowest BCUT2D eigenvalue weighted by Gasteiger charge is -2.27. The number of rotatable bonds is 4. The predicted molar refractivity (Wildman–Crippen MR) is 93.0 cm³/mol. The Bertz CT molecular complexity index is 737. The first-order valence-electron chi connectivity index (χ1n) is 8.54. The maximum atomic E-state index is 12.7. The van der Waals surface area contributed by atoms with E-state index in [9.17, 15) is 9.59 Å². The average molecular weight is 309 g/mol. The highest BCUT2D eigenvalue weighted by Gasteiger charge is 2.21. The van der Waals surface area contributed by atoms with Crippen LogP contribution in [-0.4, -0.2) is 10.9 Å². The molecule has 0 saturated heterocycles. The van der Waals surface area contributed by atoms with Crippen molar-refractivity contribution in [2.24, 2.45) is 0 Å². The first-order chi connectivity index (χ1) is 11.2. The maximum Gasteiger partial charge on any atom is 0.261 e. The fourth-order valence-electron chi connectivity index (χ4n) is 3.51. The summed E-state index contributed by atoms with van der Waals surface area (Å²) in [5.41, 5.74) is 3.36. The van der Waals surface area contributed by atoms with E-state index in [2.05, 4.69) is 31.2 Å². The Morgan fingerprint density at radius 3 is 2.35 bits per heavy atom. The van der Waals surface area contributed by atoms with Crippen molar-refractivity contribution < 1.29 is 4.79 Å². The summed E-state index contributed by atoms with van der Waals surface area (Å²) >= 11 is 0. The van der Waals surface area contributed by atoms with Gasteiger partial charge in [-0.25, -0.2) is 0 Å². The van der Waals surface area contributed by atoms with Crippen molar-refractivity contribution in [3.8, 4) is 11.3 Å². The molecule has 1 aromatic carbocycles. The van der Waals surface area contributed by atoms with Gasteiger partial charge in [0.25, 0.3) is 5.56 Å². The van der Waals surface area contributed by atoms with Gasteiger partial charge in [0.2, 0.25) is 0 Å². The Hall–Kier alpha value is -2.16. The Kier molecular flexibility index (Phi) is 4.75. The molecule has 0 radical (unpaired) electrons. The van der Waals surface area contributed by atoms with Crippen LogP contribution in [0, 0.1) is 0 Å². The summed E-state index contributed by atoms with van der Waals surface area (Å²) in [5.74, 6) is 0. The number of aryl methyl sites for hydroxylation is 1. The van der Waals surface area contributed by atoms with E-state index >= 15 is 0 Å². The molecule has 1 saturated carbocycles. The summed E-state index contributed by atoms with van der Waals surface area (Å²) in [6.07, 6.45) is 7.24. The predicted octanol–water partition coefficient (Wildman–Crippen LogP) is 4.40. The summed E-state index contributed by atoms with van der Waals surface area (Å²) in [6.45, 7) is 2.13. The first-order valence-corrected chi connectivity index (χ1v) is 8.54. The molecule has 0 spiro atoms. The molecule has 1 aliphatic carbocycles. The van der Waals surface area contributed by atoms with Gasteiger partial charge in [0.05, 0.1) is 11.3 Å². The highest BCUT2D eigenvalue weighted by atomic mass is 16.1. The molecule has 0 N–H and O–H groups in total. The molecule has 0 atom stereocenters. The summed E-state index contributed by atoms with van der Waals surface area (Å²) in [4.78, 5) is 23.9. The van der Waals surface area contributed by atoms with Crippen molar-refractivity contribution in [3.05, 3.63) is 57.9 Å². The Morgan fingerprint density at radius 2 is 1.74 bits per heavy atom. The minimum atomic E-state index is -0.149. The van der Waals surface area contributed by atoms with Gasteiger partial charge < -0.3 is 4.57 Å². The van der Waals surface area contributed by atoms with E-state index in [1.807, 2.05) is 10.6 Å². The van der Waals surface area contributed by atoms with Gasteiger partial charge >= 0.3 is 0 Å². The third-order valence-electron chi connectivity index (χ3n) is 4.87. The van der Waals surface area contributed by atoms with Crippen molar-refractivity contribution in [2.45, 2.75) is 51.5 Å². The largest absolute Gasteiger partial charge is 0.305 e. The number of benzene rings is 1. The lowest BCUT2D eigenvalue weighted by atomic mass is 9.94. The van der Waals surface area contributed by atoms with Gasteiger partial charge in [-0.15, -0.1) is 0 Å². The van der Waals surface area contributed by atoms with Crippen LogP contribution in [0.2, 0.25) is 0 Å². The molecule has 0 amide bonds. The molecule has 23 heavy (non-hydrogen) atoms. The van der Waals surface area contributed by atoms with Crippen LogP contribution in [-0.2, 0) is 6.42 Å². The number of carbonyl (C=O) groups is 1. The smallest absolute Gasteiger partial charge is 0.261 e. The highest BCUT2D eigenvalue weighted by Crippen LogP contribution is 2.31. The van der Waals surface area contributed by atoms with Crippen LogP contribution < -0.4 is 5.56 Å². The molecule has 3 rings (SSSR count). The van der Waals surface area contributed by atoms with Gasteiger partial charge in [-0.3, -0.25) is 9.59 Å². The second-order valence-electron chi connectivity index (χ2n) is 6.31. The fourth-order valence-corrected chi connectivity index (χ4v) is 3.51. The van der Waals surface area contributed by atoms with Gasteiger partial charge in [-0.2, -0.15) is 0 Å².